The number of aliphatic hydroxyl groups excluding tert-OH is 4. The van der Waals surface area contributed by atoms with Gasteiger partial charge in [-0.2, -0.15) is 0 Å². The Morgan fingerprint density at radius 1 is 0.354 bits per heavy atom. The number of carboxylic acid groups (broad SMARTS) is 8. The van der Waals surface area contributed by atoms with Crippen LogP contribution in [0.25, 0.3) is 0 Å². The molecule has 0 atom stereocenters. The number of carbonyl (C=O) groups excluding carboxylic acids is 4. The fourth-order valence-electron chi connectivity index (χ4n) is 0.557. The Balaban J connectivity index is -0.0000000648. The van der Waals surface area contributed by atoms with E-state index in [1.165, 1.54) is 0 Å². The number of rotatable bonds is 12. The second-order valence-corrected chi connectivity index (χ2v) is 6.27. The van der Waals surface area contributed by atoms with Gasteiger partial charge in [-0.05, 0) is 24.3 Å². The largest absolute Gasteiger partial charge is 0.545 e. The molecule has 20 N–H and O–H groups in total. The molecule has 0 aliphatic heterocycles. The van der Waals surface area contributed by atoms with Crippen LogP contribution in [-0.4, -0.2) is 141 Å². The van der Waals surface area contributed by atoms with E-state index in [2.05, 4.69) is 22.9 Å². The lowest BCUT2D eigenvalue weighted by atomic mass is 10.5. The molecule has 0 unspecified atom stereocenters. The Morgan fingerprint density at radius 2 is 0.458 bits per heavy atom. The first-order valence-electron chi connectivity index (χ1n) is 12.3. The summed E-state index contributed by atoms with van der Waals surface area (Å²) in [4.78, 5) is 75.9. The predicted octanol–water partition coefficient (Wildman–Crippen LogP) is -13.6. The molecule has 0 saturated carbocycles. The Kier molecular flexibility index (Phi) is 73.1. The molecule has 0 aliphatic rings. The molecule has 0 heterocycles. The van der Waals surface area contributed by atoms with Crippen molar-refractivity contribution >= 4 is 47.8 Å². The summed E-state index contributed by atoms with van der Waals surface area (Å²) in [5, 5.41) is 100. The van der Waals surface area contributed by atoms with Crippen molar-refractivity contribution in [2.45, 2.75) is 0 Å². The van der Waals surface area contributed by atoms with Crippen molar-refractivity contribution in [3.8, 4) is 0 Å². The van der Waals surface area contributed by atoms with Crippen LogP contribution >= 0.6 is 0 Å². The summed E-state index contributed by atoms with van der Waals surface area (Å²) in [6.45, 7) is 3.33. The topological polar surface area (TPSA) is 501 Å². The van der Waals surface area contributed by atoms with E-state index in [1.54, 1.807) is 0 Å². The summed E-state index contributed by atoms with van der Waals surface area (Å²) in [6, 6.07) is 0. The van der Waals surface area contributed by atoms with Crippen LogP contribution in [0.2, 0.25) is 0 Å². The fraction of sp³-hybridized carbons (Fsp3) is 0.333. The van der Waals surface area contributed by atoms with Gasteiger partial charge < -0.3 is 103 Å². The van der Waals surface area contributed by atoms with E-state index >= 15 is 0 Å². The maximum absolute atomic E-state index is 9.55. The molecular formula is C24H44N4O20. The van der Waals surface area contributed by atoms with Gasteiger partial charge in [-0.15, -0.1) is 0 Å². The molecule has 0 spiro atoms. The third-order valence-electron chi connectivity index (χ3n) is 2.08. The van der Waals surface area contributed by atoms with Gasteiger partial charge in [0.2, 0.25) is 0 Å². The number of carboxylic acids is 8. The van der Waals surface area contributed by atoms with Crippen molar-refractivity contribution in [3.05, 3.63) is 48.6 Å². The maximum atomic E-state index is 9.55. The highest BCUT2D eigenvalue weighted by Gasteiger charge is 1.88. The minimum atomic E-state index is -1.55. The first-order valence-corrected chi connectivity index (χ1v) is 12.3. The highest BCUT2D eigenvalue weighted by Crippen LogP contribution is 1.70. The van der Waals surface area contributed by atoms with Crippen molar-refractivity contribution in [2.75, 3.05) is 52.6 Å². The van der Waals surface area contributed by atoms with E-state index in [0.29, 0.717) is 74.8 Å². The quantitative estimate of drug-likeness (QED) is 0.0837. The molecule has 0 bridgehead atoms. The summed E-state index contributed by atoms with van der Waals surface area (Å²) in [5.74, 6) is -11.2. The number of hydrogen-bond donors (Lipinski definition) is 12. The standard InChI is InChI=1S/4C4H4O4.4C2H7NO/c4*5-3(6)1-2-4(7)8;4*3-1-2-4/h4*1-2H,(H,5,6)(H,7,8);4*4H,1-3H2/b4*2-1+;;;;. The molecule has 48 heavy (non-hydrogen) atoms. The molecule has 0 fully saturated rings. The predicted molar refractivity (Wildman–Crippen MR) is 146 cm³/mol. The van der Waals surface area contributed by atoms with Gasteiger partial charge >= 0.3 is 23.9 Å². The van der Waals surface area contributed by atoms with Crippen LogP contribution in [0.5, 0.6) is 0 Å². The normalized spacial score (nSPS) is 8.83. The van der Waals surface area contributed by atoms with E-state index in [0.717, 1.165) is 0 Å². The Bertz CT molecular complexity index is 741. The zero-order valence-corrected chi connectivity index (χ0v) is 25.6. The first-order chi connectivity index (χ1) is 22.2. The molecule has 24 nitrogen and oxygen atoms in total. The average molecular weight is 709 g/mol. The van der Waals surface area contributed by atoms with Gasteiger partial charge in [0.1, 0.15) is 0 Å². The molecule has 0 rings (SSSR count). The minimum absolute atomic E-state index is 0.208. The van der Waals surface area contributed by atoms with Crippen molar-refractivity contribution in [2.24, 2.45) is 0 Å². The lowest BCUT2D eigenvalue weighted by molar-refractivity contribution is -0.372. The average Bonchev–Trinajstić information content (AvgIpc) is 3.02. The van der Waals surface area contributed by atoms with Gasteiger partial charge in [0, 0.05) is 24.3 Å². The van der Waals surface area contributed by atoms with Crippen molar-refractivity contribution in [3.63, 3.8) is 0 Å². The van der Waals surface area contributed by atoms with Crippen LogP contribution in [0.15, 0.2) is 48.6 Å². The minimum Gasteiger partial charge on any atom is -0.545 e. The number of aliphatic hydroxyl groups is 4. The fourth-order valence-corrected chi connectivity index (χ4v) is 0.557. The lowest BCUT2D eigenvalue weighted by Crippen LogP contribution is -2.51. The van der Waals surface area contributed by atoms with Gasteiger partial charge in [0.05, 0.1) is 76.5 Å². The van der Waals surface area contributed by atoms with Crippen LogP contribution in [0.4, 0.5) is 0 Å². The van der Waals surface area contributed by atoms with E-state index in [4.69, 9.17) is 40.9 Å². The van der Waals surface area contributed by atoms with Crippen LogP contribution in [0.1, 0.15) is 0 Å². The third-order valence-corrected chi connectivity index (χ3v) is 2.08. The molecule has 280 valence electrons. The summed E-state index contributed by atoms with van der Waals surface area (Å²) in [6.07, 6.45) is 3.77. The zero-order valence-electron chi connectivity index (χ0n) is 25.6. The Labute approximate surface area is 272 Å². The summed E-state index contributed by atoms with van der Waals surface area (Å²) in [5.41, 5.74) is 13.4. The van der Waals surface area contributed by atoms with Crippen LogP contribution in [-0.2, 0) is 38.4 Å². The van der Waals surface area contributed by atoms with Crippen LogP contribution in [0.3, 0.4) is 0 Å². The van der Waals surface area contributed by atoms with Gasteiger partial charge in [-0.1, -0.05) is 0 Å². The molecule has 0 radical (unpaired) electrons. The third kappa shape index (κ3) is 185. The van der Waals surface area contributed by atoms with Gasteiger partial charge in [0.25, 0.3) is 0 Å². The molecule has 0 aromatic rings. The molecule has 0 aliphatic carbocycles. The Morgan fingerprint density at radius 3 is 0.521 bits per heavy atom. The smallest absolute Gasteiger partial charge is 0.328 e. The molecular weight excluding hydrogens is 664 g/mol. The first kappa shape index (κ1) is 61.4. The SMILES string of the molecule is O=C(O)/C=C/C(=O)O.O=C([O-])/C=C/C(=O)O.O=C([O-])/C=C/C(=O)O.O=C([O-])/C=C/C(=O)[O-].[NH3+]CCO.[NH3+]CCO.[NH3+]CCO.[NH3+]CCO. The van der Waals surface area contributed by atoms with Crippen molar-refractivity contribution in [1.82, 2.24) is 0 Å². The molecule has 0 saturated heterocycles. The monoisotopic (exact) mass is 708 g/mol. The number of aliphatic carboxylic acids is 8. The van der Waals surface area contributed by atoms with E-state index < -0.39 is 47.8 Å². The maximum Gasteiger partial charge on any atom is 0.328 e. The van der Waals surface area contributed by atoms with E-state index in [-0.39, 0.29) is 26.4 Å². The van der Waals surface area contributed by atoms with Crippen molar-refractivity contribution < 1.29 is 123 Å². The van der Waals surface area contributed by atoms with E-state index in [9.17, 15) is 58.8 Å². The molecule has 0 amide bonds. The van der Waals surface area contributed by atoms with Crippen molar-refractivity contribution in [1.29, 1.82) is 0 Å². The van der Waals surface area contributed by atoms with Gasteiger partial charge in [-0.25, -0.2) is 19.2 Å². The summed E-state index contributed by atoms with van der Waals surface area (Å²) < 4.78 is 0. The molecule has 24 heteroatoms. The molecule has 0 aromatic carbocycles. The number of carbonyl (C=O) groups is 8. The summed E-state index contributed by atoms with van der Waals surface area (Å²) >= 11 is 0. The molecule has 0 aromatic heterocycles. The summed E-state index contributed by atoms with van der Waals surface area (Å²) in [7, 11) is 0. The Hall–Kier alpha value is -5.60. The zero-order chi connectivity index (χ0) is 39.9. The van der Waals surface area contributed by atoms with Gasteiger partial charge in [0.15, 0.2) is 0 Å². The number of hydrogen-bond acceptors (Lipinski definition) is 16. The second kappa shape index (κ2) is 57.1. The van der Waals surface area contributed by atoms with Crippen LogP contribution in [0, 0.1) is 0 Å². The number of quaternary nitrogens is 4. The van der Waals surface area contributed by atoms with Crippen LogP contribution < -0.4 is 43.4 Å². The second-order valence-electron chi connectivity index (χ2n) is 6.27. The van der Waals surface area contributed by atoms with E-state index in [1.807, 2.05) is 0 Å². The highest BCUT2D eigenvalue weighted by molar-refractivity contribution is 5.90. The highest BCUT2D eigenvalue weighted by atomic mass is 16.4. The van der Waals surface area contributed by atoms with Gasteiger partial charge in [-0.3, -0.25) is 0 Å². The lowest BCUT2D eigenvalue weighted by Gasteiger charge is -1.90.